The number of aliphatic hydroxyl groups excluding tert-OH is 1. The van der Waals surface area contributed by atoms with Crippen LogP contribution in [0.2, 0.25) is 0 Å². The Hall–Kier alpha value is -1.95. The Morgan fingerprint density at radius 3 is 2.95 bits per heavy atom. The van der Waals surface area contributed by atoms with E-state index in [1.807, 2.05) is 26.8 Å². The van der Waals surface area contributed by atoms with Crippen molar-refractivity contribution < 1.29 is 9.90 Å². The van der Waals surface area contributed by atoms with E-state index >= 15 is 0 Å². The smallest absolute Gasteiger partial charge is 0.256 e. The Kier molecular flexibility index (Phi) is 3.80. The molecule has 0 radical (unpaired) electrons. The fourth-order valence-corrected chi connectivity index (χ4v) is 2.00. The quantitative estimate of drug-likeness (QED) is 0.856. The second kappa shape index (κ2) is 5.36. The summed E-state index contributed by atoms with van der Waals surface area (Å²) in [6.07, 6.45) is 2.05. The van der Waals surface area contributed by atoms with E-state index < -0.39 is 0 Å². The Labute approximate surface area is 111 Å². The van der Waals surface area contributed by atoms with Crippen LogP contribution in [-0.2, 0) is 0 Å². The van der Waals surface area contributed by atoms with Gasteiger partial charge in [0.1, 0.15) is 5.56 Å². The van der Waals surface area contributed by atoms with Crippen LogP contribution >= 0.6 is 0 Å². The molecule has 19 heavy (non-hydrogen) atoms. The van der Waals surface area contributed by atoms with Gasteiger partial charge in [0, 0.05) is 24.0 Å². The number of rotatable bonds is 4. The normalized spacial score (nSPS) is 12.6. The molecule has 0 aliphatic rings. The molecule has 2 N–H and O–H groups in total. The molecule has 6 heteroatoms. The third-order valence-electron chi connectivity index (χ3n) is 2.96. The molecule has 0 fully saturated rings. The summed E-state index contributed by atoms with van der Waals surface area (Å²) in [5.74, 6) is -0.214. The number of carbonyl (C=O) groups excluding carboxylic acids is 1. The molecule has 0 saturated carbocycles. The second-order valence-electron chi connectivity index (χ2n) is 4.72. The predicted molar refractivity (Wildman–Crippen MR) is 71.1 cm³/mol. The van der Waals surface area contributed by atoms with E-state index in [2.05, 4.69) is 15.4 Å². The zero-order chi connectivity index (χ0) is 14.0. The van der Waals surface area contributed by atoms with E-state index in [1.165, 1.54) is 6.20 Å². The lowest BCUT2D eigenvalue weighted by Crippen LogP contribution is -2.33. The van der Waals surface area contributed by atoms with Crippen LogP contribution in [0.15, 0.2) is 12.3 Å². The molecule has 0 aromatic carbocycles. The summed E-state index contributed by atoms with van der Waals surface area (Å²) in [5.41, 5.74) is 2.80. The number of nitrogens with one attached hydrogen (secondary N) is 1. The standard InChI is InChI=1S/C13H18N4O2/c1-8(4-5-18)16-13(19)11-7-14-17-10(3)6-9(2)15-12(11)17/h6-8,18H,4-5H2,1-3H3,(H,16,19). The lowest BCUT2D eigenvalue weighted by Gasteiger charge is -2.11. The van der Waals surface area contributed by atoms with Gasteiger partial charge in [-0.25, -0.2) is 9.50 Å². The van der Waals surface area contributed by atoms with E-state index in [9.17, 15) is 4.79 Å². The average Bonchev–Trinajstić information content (AvgIpc) is 2.72. The highest BCUT2D eigenvalue weighted by Gasteiger charge is 2.16. The Morgan fingerprint density at radius 2 is 2.26 bits per heavy atom. The maximum Gasteiger partial charge on any atom is 0.256 e. The number of nitrogens with zero attached hydrogens (tertiary/aromatic N) is 3. The van der Waals surface area contributed by atoms with Crippen molar-refractivity contribution in [2.75, 3.05) is 6.61 Å². The molecule has 2 aromatic rings. The van der Waals surface area contributed by atoms with Crippen molar-refractivity contribution in [3.05, 3.63) is 29.2 Å². The Bertz CT molecular complexity index is 606. The number of carbonyl (C=O) groups is 1. The lowest BCUT2D eigenvalue weighted by atomic mass is 10.2. The average molecular weight is 262 g/mol. The van der Waals surface area contributed by atoms with Crippen LogP contribution in [0.4, 0.5) is 0 Å². The molecule has 0 aliphatic carbocycles. The fraction of sp³-hybridized carbons (Fsp3) is 0.462. The van der Waals surface area contributed by atoms with E-state index in [1.54, 1.807) is 4.52 Å². The number of fused-ring (bicyclic) bond motifs is 1. The first-order valence-electron chi connectivity index (χ1n) is 6.26. The summed E-state index contributed by atoms with van der Waals surface area (Å²) in [4.78, 5) is 16.5. The van der Waals surface area contributed by atoms with E-state index in [0.29, 0.717) is 17.6 Å². The molecule has 0 saturated heterocycles. The molecule has 0 bridgehead atoms. The summed E-state index contributed by atoms with van der Waals surface area (Å²) in [7, 11) is 0. The zero-order valence-corrected chi connectivity index (χ0v) is 11.3. The van der Waals surface area contributed by atoms with Crippen LogP contribution in [0.5, 0.6) is 0 Å². The third-order valence-corrected chi connectivity index (χ3v) is 2.96. The van der Waals surface area contributed by atoms with Crippen LogP contribution in [-0.4, -0.2) is 38.3 Å². The largest absolute Gasteiger partial charge is 0.396 e. The Morgan fingerprint density at radius 1 is 1.53 bits per heavy atom. The first kappa shape index (κ1) is 13.5. The van der Waals surface area contributed by atoms with E-state index in [-0.39, 0.29) is 18.6 Å². The van der Waals surface area contributed by atoms with E-state index in [0.717, 1.165) is 11.4 Å². The molecule has 2 aromatic heterocycles. The molecule has 1 amide bonds. The van der Waals surface area contributed by atoms with Gasteiger partial charge in [0.15, 0.2) is 5.65 Å². The molecular weight excluding hydrogens is 244 g/mol. The first-order valence-corrected chi connectivity index (χ1v) is 6.26. The number of hydrogen-bond donors (Lipinski definition) is 2. The predicted octanol–water partition coefficient (Wildman–Crippen LogP) is 0.847. The number of aromatic nitrogens is 3. The number of hydrogen-bond acceptors (Lipinski definition) is 4. The zero-order valence-electron chi connectivity index (χ0n) is 11.3. The van der Waals surface area contributed by atoms with Gasteiger partial charge in [-0.15, -0.1) is 0 Å². The van der Waals surface area contributed by atoms with Crippen molar-refractivity contribution in [1.82, 2.24) is 19.9 Å². The summed E-state index contributed by atoms with van der Waals surface area (Å²) < 4.78 is 1.65. The molecule has 2 rings (SSSR count). The molecule has 1 unspecified atom stereocenters. The summed E-state index contributed by atoms with van der Waals surface area (Å²) in [5, 5.41) is 15.8. The van der Waals surface area contributed by atoms with Crippen LogP contribution in [0.1, 0.15) is 35.1 Å². The molecule has 1 atom stereocenters. The fourth-order valence-electron chi connectivity index (χ4n) is 2.00. The maximum absolute atomic E-state index is 12.1. The van der Waals surface area contributed by atoms with Gasteiger partial charge in [-0.1, -0.05) is 0 Å². The molecule has 0 aliphatic heterocycles. The maximum atomic E-state index is 12.1. The minimum Gasteiger partial charge on any atom is -0.396 e. The monoisotopic (exact) mass is 262 g/mol. The lowest BCUT2D eigenvalue weighted by molar-refractivity contribution is 0.0936. The van der Waals surface area contributed by atoms with Crippen molar-refractivity contribution in [2.24, 2.45) is 0 Å². The second-order valence-corrected chi connectivity index (χ2v) is 4.72. The first-order chi connectivity index (χ1) is 9.02. The van der Waals surface area contributed by atoms with Gasteiger partial charge in [0.25, 0.3) is 5.91 Å². The van der Waals surface area contributed by atoms with Gasteiger partial charge < -0.3 is 10.4 Å². The SMILES string of the molecule is Cc1cc(C)n2ncc(C(=O)NC(C)CCO)c2n1. The van der Waals surface area contributed by atoms with E-state index in [4.69, 9.17) is 5.11 Å². The molecular formula is C13H18N4O2. The van der Waals surface area contributed by atoms with Crippen LogP contribution in [0.3, 0.4) is 0 Å². The van der Waals surface area contributed by atoms with Gasteiger partial charge in [-0.05, 0) is 33.3 Å². The van der Waals surface area contributed by atoms with Gasteiger partial charge in [-0.2, -0.15) is 5.10 Å². The van der Waals surface area contributed by atoms with Crippen molar-refractivity contribution in [3.8, 4) is 0 Å². The van der Waals surface area contributed by atoms with Crippen molar-refractivity contribution >= 4 is 11.6 Å². The molecule has 2 heterocycles. The van der Waals surface area contributed by atoms with Crippen LogP contribution in [0.25, 0.3) is 5.65 Å². The highest BCUT2D eigenvalue weighted by Crippen LogP contribution is 2.12. The number of amides is 1. The highest BCUT2D eigenvalue weighted by molar-refractivity contribution is 5.99. The number of aryl methyl sites for hydroxylation is 2. The Balaban J connectivity index is 2.32. The highest BCUT2D eigenvalue weighted by atomic mass is 16.3. The minimum atomic E-state index is -0.214. The molecule has 0 spiro atoms. The van der Waals surface area contributed by atoms with Crippen LogP contribution in [0, 0.1) is 13.8 Å². The van der Waals surface area contributed by atoms with Gasteiger partial charge >= 0.3 is 0 Å². The summed E-state index contributed by atoms with van der Waals surface area (Å²) >= 11 is 0. The van der Waals surface area contributed by atoms with Gasteiger partial charge in [-0.3, -0.25) is 4.79 Å². The van der Waals surface area contributed by atoms with Gasteiger partial charge in [0.05, 0.1) is 6.20 Å². The third kappa shape index (κ3) is 2.73. The summed E-state index contributed by atoms with van der Waals surface area (Å²) in [6.45, 7) is 5.71. The molecule has 102 valence electrons. The minimum absolute atomic E-state index is 0.0483. The summed E-state index contributed by atoms with van der Waals surface area (Å²) in [6, 6.07) is 1.83. The van der Waals surface area contributed by atoms with Gasteiger partial charge in [0.2, 0.25) is 0 Å². The van der Waals surface area contributed by atoms with Crippen molar-refractivity contribution in [1.29, 1.82) is 0 Å². The number of aliphatic hydroxyl groups is 1. The van der Waals surface area contributed by atoms with Crippen molar-refractivity contribution in [3.63, 3.8) is 0 Å². The van der Waals surface area contributed by atoms with Crippen LogP contribution < -0.4 is 5.32 Å². The van der Waals surface area contributed by atoms with Crippen molar-refractivity contribution in [2.45, 2.75) is 33.2 Å². The molecule has 6 nitrogen and oxygen atoms in total. The topological polar surface area (TPSA) is 79.5 Å².